The molecule has 0 fully saturated rings. The number of ether oxygens (including phenoxy) is 1. The van der Waals surface area contributed by atoms with Crippen molar-refractivity contribution in [3.8, 4) is 0 Å². The fourth-order valence-corrected chi connectivity index (χ4v) is 0.370. The molecule has 0 aliphatic rings. The lowest BCUT2D eigenvalue weighted by atomic mass is 9.97. The fourth-order valence-electron chi connectivity index (χ4n) is 0.326. The average Bonchev–Trinajstić information content (AvgIpc) is 1.85. The van der Waals surface area contributed by atoms with Crippen molar-refractivity contribution in [3.05, 3.63) is 0 Å². The molecular formula is C8H13ClO3. The standard InChI is InChI=1S/C8H13ClO3/c1-5(9)6(10)12-7(11)8(2,3)4/h5H,1-4H3. The summed E-state index contributed by atoms with van der Waals surface area (Å²) in [4.78, 5) is 21.9. The van der Waals surface area contributed by atoms with E-state index in [-0.39, 0.29) is 0 Å². The molecule has 0 aromatic carbocycles. The zero-order chi connectivity index (χ0) is 9.94. The molecule has 3 nitrogen and oxygen atoms in total. The molecule has 0 N–H and O–H groups in total. The first kappa shape index (κ1) is 11.4. The molecular weight excluding hydrogens is 180 g/mol. The number of rotatable bonds is 1. The van der Waals surface area contributed by atoms with Crippen molar-refractivity contribution in [2.24, 2.45) is 5.41 Å². The number of hydrogen-bond acceptors (Lipinski definition) is 3. The van der Waals surface area contributed by atoms with Gasteiger partial charge in [-0.25, -0.2) is 4.79 Å². The topological polar surface area (TPSA) is 43.4 Å². The van der Waals surface area contributed by atoms with Crippen LogP contribution in [0.3, 0.4) is 0 Å². The van der Waals surface area contributed by atoms with Crippen molar-refractivity contribution >= 4 is 23.5 Å². The molecule has 0 aliphatic heterocycles. The highest BCUT2D eigenvalue weighted by atomic mass is 35.5. The van der Waals surface area contributed by atoms with Gasteiger partial charge in [0.15, 0.2) is 0 Å². The highest BCUT2D eigenvalue weighted by Gasteiger charge is 2.26. The molecule has 0 radical (unpaired) electrons. The molecule has 0 aromatic rings. The Morgan fingerprint density at radius 2 is 1.75 bits per heavy atom. The Balaban J connectivity index is 4.12. The number of esters is 2. The molecule has 0 saturated carbocycles. The Bertz CT molecular complexity index is 191. The monoisotopic (exact) mass is 192 g/mol. The molecule has 1 atom stereocenters. The van der Waals surface area contributed by atoms with Crippen LogP contribution in [0.15, 0.2) is 0 Å². The van der Waals surface area contributed by atoms with Crippen molar-refractivity contribution < 1.29 is 14.3 Å². The zero-order valence-corrected chi connectivity index (χ0v) is 8.44. The first-order chi connectivity index (χ1) is 5.25. The van der Waals surface area contributed by atoms with Gasteiger partial charge in [-0.15, -0.1) is 11.6 Å². The molecule has 0 saturated heterocycles. The lowest BCUT2D eigenvalue weighted by Gasteiger charge is -2.15. The summed E-state index contributed by atoms with van der Waals surface area (Å²) in [5, 5.41) is -0.781. The minimum atomic E-state index is -0.781. The van der Waals surface area contributed by atoms with Gasteiger partial charge in [-0.05, 0) is 27.7 Å². The largest absolute Gasteiger partial charge is 0.392 e. The highest BCUT2D eigenvalue weighted by Crippen LogP contribution is 2.15. The molecule has 4 heteroatoms. The van der Waals surface area contributed by atoms with Crippen LogP contribution in [0.25, 0.3) is 0 Å². The van der Waals surface area contributed by atoms with Gasteiger partial charge in [-0.1, -0.05) is 0 Å². The molecule has 0 spiro atoms. The molecule has 0 aliphatic carbocycles. The van der Waals surface area contributed by atoms with E-state index in [4.69, 9.17) is 11.6 Å². The number of carbonyl (C=O) groups is 2. The number of halogens is 1. The molecule has 12 heavy (non-hydrogen) atoms. The van der Waals surface area contributed by atoms with E-state index < -0.39 is 22.7 Å². The lowest BCUT2D eigenvalue weighted by Crippen LogP contribution is -2.28. The van der Waals surface area contributed by atoms with Crippen molar-refractivity contribution in [2.75, 3.05) is 0 Å². The molecule has 0 bridgehead atoms. The van der Waals surface area contributed by atoms with Crippen LogP contribution >= 0.6 is 11.6 Å². The van der Waals surface area contributed by atoms with Gasteiger partial charge in [-0.3, -0.25) is 4.79 Å². The molecule has 0 aromatic heterocycles. The van der Waals surface area contributed by atoms with Crippen LogP contribution in [-0.2, 0) is 14.3 Å². The van der Waals surface area contributed by atoms with E-state index in [0.717, 1.165) is 0 Å². The second-order valence-electron chi connectivity index (χ2n) is 3.57. The summed E-state index contributed by atoms with van der Waals surface area (Å²) < 4.78 is 4.47. The Kier molecular flexibility index (Phi) is 3.71. The summed E-state index contributed by atoms with van der Waals surface area (Å²) in [6.07, 6.45) is 0. The summed E-state index contributed by atoms with van der Waals surface area (Å²) in [6, 6.07) is 0. The summed E-state index contributed by atoms with van der Waals surface area (Å²) in [5.74, 6) is -1.25. The number of hydrogen-bond donors (Lipinski definition) is 0. The van der Waals surface area contributed by atoms with Gasteiger partial charge in [0.2, 0.25) is 0 Å². The maximum absolute atomic E-state index is 11.1. The predicted molar refractivity (Wildman–Crippen MR) is 45.9 cm³/mol. The third-order valence-electron chi connectivity index (χ3n) is 1.13. The third-order valence-corrected chi connectivity index (χ3v) is 1.31. The molecule has 1 unspecified atom stereocenters. The third kappa shape index (κ3) is 3.72. The SMILES string of the molecule is CC(Cl)C(=O)OC(=O)C(C)(C)C. The van der Waals surface area contributed by atoms with Gasteiger partial charge in [0.1, 0.15) is 5.38 Å². The number of carbonyl (C=O) groups excluding carboxylic acids is 2. The average molecular weight is 193 g/mol. The second kappa shape index (κ2) is 3.90. The Labute approximate surface area is 77.0 Å². The van der Waals surface area contributed by atoms with Crippen LogP contribution in [0.5, 0.6) is 0 Å². The van der Waals surface area contributed by atoms with Gasteiger partial charge < -0.3 is 4.74 Å². The Morgan fingerprint density at radius 3 is 2.00 bits per heavy atom. The van der Waals surface area contributed by atoms with Crippen molar-refractivity contribution in [3.63, 3.8) is 0 Å². The summed E-state index contributed by atoms with van der Waals surface area (Å²) in [5.41, 5.74) is -0.665. The van der Waals surface area contributed by atoms with Crippen LogP contribution in [0, 0.1) is 5.41 Å². The molecule has 0 heterocycles. The van der Waals surface area contributed by atoms with Gasteiger partial charge in [-0.2, -0.15) is 0 Å². The van der Waals surface area contributed by atoms with Gasteiger partial charge in [0.25, 0.3) is 0 Å². The quantitative estimate of drug-likeness (QED) is 0.361. The van der Waals surface area contributed by atoms with Crippen molar-refractivity contribution in [2.45, 2.75) is 33.1 Å². The van der Waals surface area contributed by atoms with Crippen LogP contribution < -0.4 is 0 Å². The highest BCUT2D eigenvalue weighted by molar-refractivity contribution is 6.30. The van der Waals surface area contributed by atoms with E-state index in [9.17, 15) is 9.59 Å². The molecule has 70 valence electrons. The summed E-state index contributed by atoms with van der Waals surface area (Å²) in [6.45, 7) is 6.46. The van der Waals surface area contributed by atoms with E-state index in [2.05, 4.69) is 4.74 Å². The second-order valence-corrected chi connectivity index (χ2v) is 4.23. The lowest BCUT2D eigenvalue weighted by molar-refractivity contribution is -0.165. The van der Waals surface area contributed by atoms with Crippen LogP contribution in [0.4, 0.5) is 0 Å². The maximum atomic E-state index is 11.1. The van der Waals surface area contributed by atoms with E-state index in [1.165, 1.54) is 6.92 Å². The predicted octanol–water partition coefficient (Wildman–Crippen LogP) is 1.73. The molecule has 0 amide bonds. The van der Waals surface area contributed by atoms with Gasteiger partial charge in [0, 0.05) is 0 Å². The first-order valence-corrected chi connectivity index (χ1v) is 4.09. The van der Waals surface area contributed by atoms with Crippen LogP contribution in [-0.4, -0.2) is 17.3 Å². The Morgan fingerprint density at radius 1 is 1.33 bits per heavy atom. The van der Waals surface area contributed by atoms with E-state index >= 15 is 0 Å². The van der Waals surface area contributed by atoms with Gasteiger partial charge in [0.05, 0.1) is 5.41 Å². The zero-order valence-electron chi connectivity index (χ0n) is 7.68. The van der Waals surface area contributed by atoms with Crippen molar-refractivity contribution in [1.29, 1.82) is 0 Å². The first-order valence-electron chi connectivity index (χ1n) is 3.65. The maximum Gasteiger partial charge on any atom is 0.331 e. The fraction of sp³-hybridized carbons (Fsp3) is 0.750. The van der Waals surface area contributed by atoms with Gasteiger partial charge >= 0.3 is 11.9 Å². The van der Waals surface area contributed by atoms with E-state index in [1.54, 1.807) is 20.8 Å². The summed E-state index contributed by atoms with van der Waals surface area (Å²) in [7, 11) is 0. The van der Waals surface area contributed by atoms with Crippen LogP contribution in [0.2, 0.25) is 0 Å². The Hall–Kier alpha value is -0.570. The van der Waals surface area contributed by atoms with E-state index in [1.807, 2.05) is 0 Å². The minimum absolute atomic E-state index is 0.556. The summed E-state index contributed by atoms with van der Waals surface area (Å²) >= 11 is 5.40. The van der Waals surface area contributed by atoms with Crippen molar-refractivity contribution in [1.82, 2.24) is 0 Å². The molecule has 0 rings (SSSR count). The minimum Gasteiger partial charge on any atom is -0.392 e. The number of alkyl halides is 1. The normalized spacial score (nSPS) is 13.8. The van der Waals surface area contributed by atoms with Crippen LogP contribution in [0.1, 0.15) is 27.7 Å². The van der Waals surface area contributed by atoms with E-state index in [0.29, 0.717) is 0 Å². The smallest absolute Gasteiger partial charge is 0.331 e.